The molecule has 146 valence electrons. The van der Waals surface area contributed by atoms with Crippen molar-refractivity contribution in [3.05, 3.63) is 48.0 Å². The van der Waals surface area contributed by atoms with E-state index in [1.165, 1.54) is 0 Å². The van der Waals surface area contributed by atoms with Crippen LogP contribution in [0.5, 0.6) is 0 Å². The molecule has 7 heteroatoms. The number of benzene rings is 2. The Hall–Kier alpha value is -3.35. The number of hydrogen-bond acceptors (Lipinski definition) is 4. The molecule has 2 N–H and O–H groups in total. The monoisotopic (exact) mass is 380 g/mol. The molecule has 0 unspecified atom stereocenters. The first-order valence-electron chi connectivity index (χ1n) is 9.16. The van der Waals surface area contributed by atoms with Crippen molar-refractivity contribution >= 4 is 40.5 Å². The van der Waals surface area contributed by atoms with Gasteiger partial charge in [0.2, 0.25) is 5.91 Å². The van der Waals surface area contributed by atoms with Crippen LogP contribution >= 0.6 is 0 Å². The molecule has 3 rings (SSSR count). The SMILES string of the molecule is Cc1ccc(NC(=O)C(=O)Nc2ccc(N(C)C)cc2)cc1N1CCCC1=O. The first kappa shape index (κ1) is 19.4. The molecule has 7 nitrogen and oxygen atoms in total. The highest BCUT2D eigenvalue weighted by molar-refractivity contribution is 6.43. The lowest BCUT2D eigenvalue weighted by Gasteiger charge is -2.19. The lowest BCUT2D eigenvalue weighted by molar-refractivity contribution is -0.132. The molecule has 0 radical (unpaired) electrons. The molecule has 1 aliphatic rings. The molecule has 1 fully saturated rings. The van der Waals surface area contributed by atoms with Crippen LogP contribution < -0.4 is 20.4 Å². The van der Waals surface area contributed by atoms with Gasteiger partial charge in [-0.3, -0.25) is 14.4 Å². The third kappa shape index (κ3) is 4.31. The summed E-state index contributed by atoms with van der Waals surface area (Å²) in [6, 6.07) is 12.5. The molecule has 3 amide bonds. The van der Waals surface area contributed by atoms with Gasteiger partial charge >= 0.3 is 11.8 Å². The van der Waals surface area contributed by atoms with Crippen molar-refractivity contribution in [3.63, 3.8) is 0 Å². The van der Waals surface area contributed by atoms with E-state index in [2.05, 4.69) is 10.6 Å². The van der Waals surface area contributed by atoms with Gasteiger partial charge in [-0.05, 0) is 55.3 Å². The van der Waals surface area contributed by atoms with Crippen LogP contribution in [0.1, 0.15) is 18.4 Å². The molecule has 0 atom stereocenters. The summed E-state index contributed by atoms with van der Waals surface area (Å²) in [7, 11) is 3.85. The van der Waals surface area contributed by atoms with Gasteiger partial charge < -0.3 is 20.4 Å². The largest absolute Gasteiger partial charge is 0.378 e. The van der Waals surface area contributed by atoms with E-state index in [1.54, 1.807) is 29.2 Å². The van der Waals surface area contributed by atoms with Gasteiger partial charge in [0.05, 0.1) is 0 Å². The first-order chi connectivity index (χ1) is 13.3. The predicted molar refractivity (Wildman–Crippen MR) is 111 cm³/mol. The van der Waals surface area contributed by atoms with Gasteiger partial charge in [-0.1, -0.05) is 6.07 Å². The van der Waals surface area contributed by atoms with Gasteiger partial charge in [-0.2, -0.15) is 0 Å². The fourth-order valence-electron chi connectivity index (χ4n) is 3.10. The summed E-state index contributed by atoms with van der Waals surface area (Å²) in [5.41, 5.74) is 3.71. The van der Waals surface area contributed by atoms with Gasteiger partial charge in [0, 0.05) is 49.8 Å². The van der Waals surface area contributed by atoms with Gasteiger partial charge in [0.15, 0.2) is 0 Å². The normalized spacial score (nSPS) is 13.4. The quantitative estimate of drug-likeness (QED) is 0.799. The second kappa shape index (κ2) is 8.12. The first-order valence-corrected chi connectivity index (χ1v) is 9.16. The number of hydrogen-bond donors (Lipinski definition) is 2. The second-order valence-corrected chi connectivity index (χ2v) is 7.00. The number of anilines is 4. The number of carbonyl (C=O) groups is 3. The lowest BCUT2D eigenvalue weighted by Crippen LogP contribution is -2.29. The zero-order chi connectivity index (χ0) is 20.3. The molecule has 2 aromatic rings. The fourth-order valence-corrected chi connectivity index (χ4v) is 3.10. The standard InChI is InChI=1S/C21H24N4O3/c1-14-6-7-16(13-18(14)25-12-4-5-19(25)26)23-21(28)20(27)22-15-8-10-17(11-9-15)24(2)3/h6-11,13H,4-5,12H2,1-3H3,(H,22,27)(H,23,28). The summed E-state index contributed by atoms with van der Waals surface area (Å²) in [5, 5.41) is 5.18. The molecule has 0 aromatic heterocycles. The van der Waals surface area contributed by atoms with Crippen LogP contribution in [0.2, 0.25) is 0 Å². The van der Waals surface area contributed by atoms with Crippen molar-refractivity contribution in [2.75, 3.05) is 41.1 Å². The average Bonchev–Trinajstić information content (AvgIpc) is 3.09. The minimum Gasteiger partial charge on any atom is -0.378 e. The smallest absolute Gasteiger partial charge is 0.314 e. The van der Waals surface area contributed by atoms with E-state index in [0.717, 1.165) is 23.4 Å². The highest BCUT2D eigenvalue weighted by Gasteiger charge is 2.23. The van der Waals surface area contributed by atoms with Crippen LogP contribution in [-0.2, 0) is 14.4 Å². The predicted octanol–water partition coefficient (Wildman–Crippen LogP) is 2.77. The fraction of sp³-hybridized carbons (Fsp3) is 0.286. The third-order valence-corrected chi connectivity index (χ3v) is 4.68. The average molecular weight is 380 g/mol. The van der Waals surface area contributed by atoms with Crippen molar-refractivity contribution in [3.8, 4) is 0 Å². The molecule has 0 spiro atoms. The maximum Gasteiger partial charge on any atom is 0.314 e. The number of carbonyl (C=O) groups excluding carboxylic acids is 3. The Bertz CT molecular complexity index is 906. The summed E-state index contributed by atoms with van der Waals surface area (Å²) < 4.78 is 0. The number of rotatable bonds is 4. The summed E-state index contributed by atoms with van der Waals surface area (Å²) >= 11 is 0. The number of nitrogens with one attached hydrogen (secondary N) is 2. The Morgan fingerprint density at radius 2 is 1.57 bits per heavy atom. The Balaban J connectivity index is 1.67. The van der Waals surface area contributed by atoms with E-state index in [0.29, 0.717) is 24.3 Å². The van der Waals surface area contributed by atoms with E-state index in [4.69, 9.17) is 0 Å². The van der Waals surface area contributed by atoms with Crippen molar-refractivity contribution in [1.29, 1.82) is 0 Å². The summed E-state index contributed by atoms with van der Waals surface area (Å²) in [5.74, 6) is -1.44. The zero-order valence-electron chi connectivity index (χ0n) is 16.3. The molecule has 0 saturated carbocycles. The van der Waals surface area contributed by atoms with Crippen molar-refractivity contribution in [2.24, 2.45) is 0 Å². The maximum absolute atomic E-state index is 12.3. The van der Waals surface area contributed by atoms with Crippen molar-refractivity contribution in [2.45, 2.75) is 19.8 Å². The number of aryl methyl sites for hydroxylation is 1. The summed E-state index contributed by atoms with van der Waals surface area (Å²) in [4.78, 5) is 40.1. The maximum atomic E-state index is 12.3. The number of nitrogens with zero attached hydrogens (tertiary/aromatic N) is 2. The molecular weight excluding hydrogens is 356 g/mol. The third-order valence-electron chi connectivity index (χ3n) is 4.68. The summed E-state index contributed by atoms with van der Waals surface area (Å²) in [6.45, 7) is 2.58. The molecule has 28 heavy (non-hydrogen) atoms. The Labute approximate surface area is 164 Å². The lowest BCUT2D eigenvalue weighted by atomic mass is 10.1. The van der Waals surface area contributed by atoms with Gasteiger partial charge in [-0.25, -0.2) is 0 Å². The molecule has 1 aliphatic heterocycles. The highest BCUT2D eigenvalue weighted by atomic mass is 16.2. The van der Waals surface area contributed by atoms with Crippen LogP contribution in [-0.4, -0.2) is 38.4 Å². The topological polar surface area (TPSA) is 81.8 Å². The van der Waals surface area contributed by atoms with Crippen molar-refractivity contribution < 1.29 is 14.4 Å². The van der Waals surface area contributed by atoms with Crippen LogP contribution in [0.15, 0.2) is 42.5 Å². The molecule has 2 aromatic carbocycles. The van der Waals surface area contributed by atoms with Crippen LogP contribution in [0.4, 0.5) is 22.7 Å². The number of amides is 3. The van der Waals surface area contributed by atoms with Crippen molar-refractivity contribution in [1.82, 2.24) is 0 Å². The Kier molecular flexibility index (Phi) is 5.63. The molecular formula is C21H24N4O3. The van der Waals surface area contributed by atoms with Gasteiger partial charge in [-0.15, -0.1) is 0 Å². The second-order valence-electron chi connectivity index (χ2n) is 7.00. The van der Waals surface area contributed by atoms with E-state index in [-0.39, 0.29) is 5.91 Å². The van der Waals surface area contributed by atoms with Crippen LogP contribution in [0.25, 0.3) is 0 Å². The molecule has 1 heterocycles. The van der Waals surface area contributed by atoms with Crippen LogP contribution in [0, 0.1) is 6.92 Å². The Morgan fingerprint density at radius 1 is 0.964 bits per heavy atom. The zero-order valence-corrected chi connectivity index (χ0v) is 16.3. The van der Waals surface area contributed by atoms with E-state index >= 15 is 0 Å². The van der Waals surface area contributed by atoms with E-state index in [9.17, 15) is 14.4 Å². The van der Waals surface area contributed by atoms with E-state index < -0.39 is 11.8 Å². The highest BCUT2D eigenvalue weighted by Crippen LogP contribution is 2.28. The molecule has 0 aliphatic carbocycles. The van der Waals surface area contributed by atoms with Gasteiger partial charge in [0.25, 0.3) is 0 Å². The minimum atomic E-state index is -0.765. The molecule has 0 bridgehead atoms. The van der Waals surface area contributed by atoms with Gasteiger partial charge in [0.1, 0.15) is 0 Å². The minimum absolute atomic E-state index is 0.0745. The van der Waals surface area contributed by atoms with Crippen LogP contribution in [0.3, 0.4) is 0 Å². The molecule has 1 saturated heterocycles. The van der Waals surface area contributed by atoms with E-state index in [1.807, 2.05) is 44.1 Å². The summed E-state index contributed by atoms with van der Waals surface area (Å²) in [6.07, 6.45) is 1.36. The Morgan fingerprint density at radius 3 is 2.14 bits per heavy atom.